The molecule has 30 heavy (non-hydrogen) atoms. The van der Waals surface area contributed by atoms with Gasteiger partial charge in [0.1, 0.15) is 0 Å². The first-order valence-corrected chi connectivity index (χ1v) is 11.4. The van der Waals surface area contributed by atoms with Gasteiger partial charge in [-0.3, -0.25) is 9.59 Å². The van der Waals surface area contributed by atoms with Crippen LogP contribution in [0.2, 0.25) is 10.0 Å². The fourth-order valence-corrected chi connectivity index (χ4v) is 5.07. The lowest BCUT2D eigenvalue weighted by Crippen LogP contribution is -2.50. The number of amides is 1. The zero-order chi connectivity index (χ0) is 21.9. The Morgan fingerprint density at radius 2 is 1.57 bits per heavy atom. The third-order valence-corrected chi connectivity index (χ3v) is 7.46. The van der Waals surface area contributed by atoms with Crippen molar-refractivity contribution in [1.29, 1.82) is 0 Å². The molecule has 7 nitrogen and oxygen atoms in total. The number of rotatable bonds is 6. The molecule has 3 rings (SSSR count). The highest BCUT2D eigenvalue weighted by Crippen LogP contribution is 2.23. The van der Waals surface area contributed by atoms with Crippen molar-refractivity contribution in [1.82, 2.24) is 9.21 Å². The van der Waals surface area contributed by atoms with E-state index in [9.17, 15) is 18.0 Å². The van der Waals surface area contributed by atoms with E-state index in [-0.39, 0.29) is 49.8 Å². The molecule has 0 bridgehead atoms. The first kappa shape index (κ1) is 22.6. The van der Waals surface area contributed by atoms with E-state index in [1.165, 1.54) is 22.5 Å². The van der Waals surface area contributed by atoms with Gasteiger partial charge in [-0.25, -0.2) is 8.42 Å². The number of carbonyl (C=O) groups is 2. The highest BCUT2D eigenvalue weighted by atomic mass is 35.5. The van der Waals surface area contributed by atoms with Gasteiger partial charge < -0.3 is 10.0 Å². The predicted octanol–water partition coefficient (Wildman–Crippen LogP) is 2.70. The Bertz CT molecular complexity index is 1070. The normalized spacial score (nSPS) is 15.2. The molecule has 2 aromatic carbocycles. The number of piperazine rings is 1. The van der Waals surface area contributed by atoms with Crippen LogP contribution in [0.15, 0.2) is 47.4 Å². The van der Waals surface area contributed by atoms with Gasteiger partial charge >= 0.3 is 5.97 Å². The largest absolute Gasteiger partial charge is 0.481 e. The summed E-state index contributed by atoms with van der Waals surface area (Å²) in [5.41, 5.74) is 1.15. The summed E-state index contributed by atoms with van der Waals surface area (Å²) in [4.78, 5) is 25.1. The number of hydrogen-bond acceptors (Lipinski definition) is 4. The lowest BCUT2D eigenvalue weighted by atomic mass is 10.1. The summed E-state index contributed by atoms with van der Waals surface area (Å²) in [5.74, 6) is -1.15. The van der Waals surface area contributed by atoms with Crippen LogP contribution in [0.25, 0.3) is 0 Å². The monoisotopic (exact) mass is 470 g/mol. The number of benzene rings is 2. The SMILES string of the molecule is O=C(O)Cc1cccc(S(=O)(=O)N2CCN(C(=O)Cc3ccc(Cl)c(Cl)c3)CC2)c1. The highest BCUT2D eigenvalue weighted by molar-refractivity contribution is 7.89. The summed E-state index contributed by atoms with van der Waals surface area (Å²) >= 11 is 11.9. The number of sulfonamides is 1. The third kappa shape index (κ3) is 5.31. The lowest BCUT2D eigenvalue weighted by Gasteiger charge is -2.34. The Kier molecular flexibility index (Phi) is 7.02. The van der Waals surface area contributed by atoms with E-state index in [0.29, 0.717) is 15.6 Å². The topological polar surface area (TPSA) is 95.0 Å². The lowest BCUT2D eigenvalue weighted by molar-refractivity contribution is -0.136. The Morgan fingerprint density at radius 1 is 0.900 bits per heavy atom. The van der Waals surface area contributed by atoms with E-state index in [0.717, 1.165) is 5.56 Å². The smallest absolute Gasteiger partial charge is 0.307 e. The highest BCUT2D eigenvalue weighted by Gasteiger charge is 2.30. The van der Waals surface area contributed by atoms with Gasteiger partial charge in [-0.2, -0.15) is 4.31 Å². The number of carboxylic acid groups (broad SMARTS) is 1. The van der Waals surface area contributed by atoms with Crippen LogP contribution < -0.4 is 0 Å². The molecule has 160 valence electrons. The molecular weight excluding hydrogens is 451 g/mol. The van der Waals surface area contributed by atoms with Crippen LogP contribution >= 0.6 is 23.2 Å². The Balaban J connectivity index is 1.63. The van der Waals surface area contributed by atoms with E-state index >= 15 is 0 Å². The van der Waals surface area contributed by atoms with Crippen molar-refractivity contribution in [2.24, 2.45) is 0 Å². The van der Waals surface area contributed by atoms with Crippen molar-refractivity contribution in [2.45, 2.75) is 17.7 Å². The number of halogens is 2. The van der Waals surface area contributed by atoms with Gasteiger partial charge in [0.2, 0.25) is 15.9 Å². The van der Waals surface area contributed by atoms with Crippen LogP contribution in [0.4, 0.5) is 0 Å². The molecule has 1 saturated heterocycles. The molecule has 0 saturated carbocycles. The Hall–Kier alpha value is -2.13. The molecule has 0 atom stereocenters. The second-order valence-electron chi connectivity index (χ2n) is 6.93. The quantitative estimate of drug-likeness (QED) is 0.699. The summed E-state index contributed by atoms with van der Waals surface area (Å²) in [5, 5.41) is 9.71. The first-order valence-electron chi connectivity index (χ1n) is 9.19. The zero-order valence-corrected chi connectivity index (χ0v) is 18.3. The summed E-state index contributed by atoms with van der Waals surface area (Å²) in [6.45, 7) is 0.875. The minimum Gasteiger partial charge on any atom is -0.481 e. The zero-order valence-electron chi connectivity index (χ0n) is 15.9. The molecule has 1 N–H and O–H groups in total. The average molecular weight is 471 g/mol. The standard InChI is InChI=1S/C20H20Cl2N2O5S/c21-17-5-4-15(11-18(17)22)12-19(25)23-6-8-24(9-7-23)30(28,29)16-3-1-2-14(10-16)13-20(26)27/h1-5,10-11H,6-9,12-13H2,(H,26,27). The Morgan fingerprint density at radius 3 is 2.20 bits per heavy atom. The second kappa shape index (κ2) is 9.34. The maximum Gasteiger partial charge on any atom is 0.307 e. The number of hydrogen-bond donors (Lipinski definition) is 1. The molecule has 0 aliphatic carbocycles. The molecule has 0 radical (unpaired) electrons. The van der Waals surface area contributed by atoms with Crippen LogP contribution in [-0.4, -0.2) is 60.8 Å². The minimum absolute atomic E-state index is 0.0526. The third-order valence-electron chi connectivity index (χ3n) is 4.82. The molecule has 0 unspecified atom stereocenters. The molecule has 1 aliphatic heterocycles. The first-order chi connectivity index (χ1) is 14.2. The molecule has 10 heteroatoms. The summed E-state index contributed by atoms with van der Waals surface area (Å²) < 4.78 is 27.1. The van der Waals surface area contributed by atoms with Crippen LogP contribution in [-0.2, 0) is 32.5 Å². The number of carbonyl (C=O) groups excluding carboxylic acids is 1. The molecular formula is C20H20Cl2N2O5S. The van der Waals surface area contributed by atoms with E-state index in [4.69, 9.17) is 28.3 Å². The van der Waals surface area contributed by atoms with Crippen LogP contribution in [0, 0.1) is 0 Å². The van der Waals surface area contributed by atoms with Crippen molar-refractivity contribution < 1.29 is 23.1 Å². The fraction of sp³-hybridized carbons (Fsp3) is 0.300. The van der Waals surface area contributed by atoms with Gasteiger partial charge in [0.25, 0.3) is 0 Å². The van der Waals surface area contributed by atoms with E-state index in [1.807, 2.05) is 0 Å². The molecule has 0 aromatic heterocycles. The van der Waals surface area contributed by atoms with E-state index < -0.39 is 16.0 Å². The molecule has 1 heterocycles. The summed E-state index contributed by atoms with van der Waals surface area (Å²) in [6, 6.07) is 10.9. The van der Waals surface area contributed by atoms with Gasteiger partial charge in [-0.05, 0) is 35.4 Å². The van der Waals surface area contributed by atoms with Gasteiger partial charge in [-0.15, -0.1) is 0 Å². The van der Waals surface area contributed by atoms with Gasteiger partial charge in [-0.1, -0.05) is 41.4 Å². The summed E-state index contributed by atoms with van der Waals surface area (Å²) in [7, 11) is -3.77. The molecule has 1 amide bonds. The fourth-order valence-electron chi connectivity index (χ4n) is 3.25. The van der Waals surface area contributed by atoms with Gasteiger partial charge in [0.05, 0.1) is 27.8 Å². The van der Waals surface area contributed by atoms with Gasteiger partial charge in [0.15, 0.2) is 0 Å². The maximum atomic E-state index is 12.9. The van der Waals surface area contributed by atoms with Crippen molar-refractivity contribution in [3.8, 4) is 0 Å². The van der Waals surface area contributed by atoms with Crippen LogP contribution in [0.1, 0.15) is 11.1 Å². The van der Waals surface area contributed by atoms with Crippen LogP contribution in [0.5, 0.6) is 0 Å². The Labute approximate surface area is 184 Å². The van der Waals surface area contributed by atoms with Gasteiger partial charge in [0, 0.05) is 26.2 Å². The van der Waals surface area contributed by atoms with E-state index in [1.54, 1.807) is 29.2 Å². The molecule has 1 fully saturated rings. The number of aliphatic carboxylic acids is 1. The second-order valence-corrected chi connectivity index (χ2v) is 9.68. The van der Waals surface area contributed by atoms with Crippen LogP contribution in [0.3, 0.4) is 0 Å². The van der Waals surface area contributed by atoms with E-state index in [2.05, 4.69) is 0 Å². The molecule has 2 aromatic rings. The average Bonchev–Trinajstić information content (AvgIpc) is 2.70. The van der Waals surface area contributed by atoms with Crippen molar-refractivity contribution >= 4 is 45.1 Å². The number of nitrogens with zero attached hydrogens (tertiary/aromatic N) is 2. The van der Waals surface area contributed by atoms with Crippen molar-refractivity contribution in [2.75, 3.05) is 26.2 Å². The van der Waals surface area contributed by atoms with Crippen molar-refractivity contribution in [3.63, 3.8) is 0 Å². The summed E-state index contributed by atoms with van der Waals surface area (Å²) in [6.07, 6.45) is -0.0960. The maximum absolute atomic E-state index is 12.9. The number of carboxylic acids is 1. The predicted molar refractivity (Wildman–Crippen MR) is 113 cm³/mol. The molecule has 0 spiro atoms. The molecule has 1 aliphatic rings. The minimum atomic E-state index is -3.77. The van der Waals surface area contributed by atoms with Crippen molar-refractivity contribution in [3.05, 3.63) is 63.6 Å².